The van der Waals surface area contributed by atoms with E-state index in [1.165, 1.54) is 38.3 Å². The molecule has 2 bridgehead atoms. The van der Waals surface area contributed by atoms with Crippen LogP contribution < -0.4 is 5.32 Å². The molecule has 4 fully saturated rings. The van der Waals surface area contributed by atoms with Gasteiger partial charge in [-0.2, -0.15) is 0 Å². The van der Waals surface area contributed by atoms with Crippen LogP contribution in [0.5, 0.6) is 0 Å². The van der Waals surface area contributed by atoms with E-state index in [4.69, 9.17) is 0 Å². The van der Waals surface area contributed by atoms with Crippen molar-refractivity contribution in [3.8, 4) is 0 Å². The topological polar surface area (TPSA) is 38.8 Å². The highest BCUT2D eigenvalue weighted by Gasteiger charge is 2.47. The number of nitrogens with one attached hydrogen (secondary N) is 1. The third kappa shape index (κ3) is 4.27. The van der Waals surface area contributed by atoms with Crippen LogP contribution in [-0.4, -0.2) is 85.0 Å². The van der Waals surface area contributed by atoms with E-state index < -0.39 is 0 Å². The molecule has 4 saturated heterocycles. The lowest BCUT2D eigenvalue weighted by atomic mass is 9.71. The van der Waals surface area contributed by atoms with Gasteiger partial charge in [-0.1, -0.05) is 18.6 Å². The van der Waals surface area contributed by atoms with Crippen molar-refractivity contribution in [1.29, 1.82) is 0 Å². The summed E-state index contributed by atoms with van der Waals surface area (Å²) in [4.78, 5) is 20.1. The molecule has 0 aliphatic carbocycles. The first-order valence-corrected chi connectivity index (χ1v) is 11.9. The van der Waals surface area contributed by atoms with Crippen LogP contribution in [0.1, 0.15) is 31.2 Å². The highest BCUT2D eigenvalue weighted by molar-refractivity contribution is 5.78. The minimum absolute atomic E-state index is 0.136. The number of carbonyl (C=O) groups excluding carboxylic acids is 1. The first kappa shape index (κ1) is 20.4. The van der Waals surface area contributed by atoms with E-state index in [9.17, 15) is 9.18 Å². The lowest BCUT2D eigenvalue weighted by Gasteiger charge is -2.57. The molecule has 0 radical (unpaired) electrons. The van der Waals surface area contributed by atoms with E-state index in [1.807, 2.05) is 11.0 Å². The van der Waals surface area contributed by atoms with Gasteiger partial charge >= 0.3 is 0 Å². The Labute approximate surface area is 179 Å². The maximum Gasteiger partial charge on any atom is 0.236 e. The zero-order valence-corrected chi connectivity index (χ0v) is 17.9. The second kappa shape index (κ2) is 8.93. The molecule has 1 N–H and O–H groups in total. The van der Waals surface area contributed by atoms with Crippen LogP contribution >= 0.6 is 0 Å². The fraction of sp³-hybridized carbons (Fsp3) is 0.708. The molecule has 0 unspecified atom stereocenters. The molecule has 1 aromatic carbocycles. The summed E-state index contributed by atoms with van der Waals surface area (Å²) in [7, 11) is 0. The Hall–Kier alpha value is -1.50. The van der Waals surface area contributed by atoms with Crippen molar-refractivity contribution in [3.05, 3.63) is 35.6 Å². The standard InChI is InChI=1S/C24H35FN4O/c25-21-5-3-4-18(12-21)13-23-20-14-19(22-6-1-2-9-29(22)23)15-27(16-20)17-24(30)28-10-7-26-8-11-28/h3-5,12,19-20,22-23,26H,1-2,6-11,13-17H2/t19-,20+,22+,23+/m1/s1. The second-order valence-corrected chi connectivity index (χ2v) is 9.78. The van der Waals surface area contributed by atoms with Crippen LogP contribution in [0.4, 0.5) is 4.39 Å². The number of amides is 1. The van der Waals surface area contributed by atoms with E-state index in [2.05, 4.69) is 21.2 Å². The van der Waals surface area contributed by atoms with Crippen LogP contribution in [0.3, 0.4) is 0 Å². The van der Waals surface area contributed by atoms with Gasteiger partial charge < -0.3 is 10.2 Å². The quantitative estimate of drug-likeness (QED) is 0.818. The molecule has 5 nitrogen and oxygen atoms in total. The van der Waals surface area contributed by atoms with Gasteiger partial charge in [-0.15, -0.1) is 0 Å². The Morgan fingerprint density at radius 3 is 2.77 bits per heavy atom. The summed E-state index contributed by atoms with van der Waals surface area (Å²) in [6, 6.07) is 8.25. The van der Waals surface area contributed by atoms with E-state index in [0.717, 1.165) is 51.3 Å². The Morgan fingerprint density at radius 1 is 1.10 bits per heavy atom. The maximum atomic E-state index is 13.8. The molecule has 30 heavy (non-hydrogen) atoms. The molecule has 1 amide bonds. The number of hydrogen-bond acceptors (Lipinski definition) is 4. The Kier molecular flexibility index (Phi) is 6.07. The van der Waals surface area contributed by atoms with Crippen LogP contribution in [-0.2, 0) is 11.2 Å². The van der Waals surface area contributed by atoms with Crippen LogP contribution in [0, 0.1) is 17.7 Å². The molecule has 6 heteroatoms. The van der Waals surface area contributed by atoms with Gasteiger partial charge in [0.2, 0.25) is 5.91 Å². The predicted molar refractivity (Wildman–Crippen MR) is 116 cm³/mol. The Bertz CT molecular complexity index is 752. The zero-order valence-electron chi connectivity index (χ0n) is 17.9. The van der Waals surface area contributed by atoms with Gasteiger partial charge in [0.1, 0.15) is 5.82 Å². The molecule has 4 heterocycles. The highest BCUT2D eigenvalue weighted by atomic mass is 19.1. The summed E-state index contributed by atoms with van der Waals surface area (Å²) in [5.41, 5.74) is 1.11. The summed E-state index contributed by atoms with van der Waals surface area (Å²) in [6.45, 7) is 7.27. The van der Waals surface area contributed by atoms with Crippen molar-refractivity contribution in [1.82, 2.24) is 20.0 Å². The highest BCUT2D eigenvalue weighted by Crippen LogP contribution is 2.42. The fourth-order valence-electron chi connectivity index (χ4n) is 6.53. The summed E-state index contributed by atoms with van der Waals surface area (Å²) < 4.78 is 13.8. The van der Waals surface area contributed by atoms with Crippen LogP contribution in [0.2, 0.25) is 0 Å². The van der Waals surface area contributed by atoms with Gasteiger partial charge in [-0.05, 0) is 61.8 Å². The number of piperidine rings is 3. The van der Waals surface area contributed by atoms with E-state index in [1.54, 1.807) is 6.07 Å². The number of carbonyl (C=O) groups is 1. The maximum absolute atomic E-state index is 13.8. The van der Waals surface area contributed by atoms with Crippen molar-refractivity contribution in [3.63, 3.8) is 0 Å². The molecule has 4 aliphatic rings. The zero-order chi connectivity index (χ0) is 20.5. The summed E-state index contributed by atoms with van der Waals surface area (Å²) in [6.07, 6.45) is 6.05. The van der Waals surface area contributed by atoms with Crippen LogP contribution in [0.15, 0.2) is 24.3 Å². The average molecular weight is 415 g/mol. The lowest BCUT2D eigenvalue weighted by molar-refractivity contribution is -0.135. The molecule has 1 aromatic rings. The Balaban J connectivity index is 1.31. The molecule has 5 rings (SSSR count). The smallest absolute Gasteiger partial charge is 0.236 e. The van der Waals surface area contributed by atoms with Crippen LogP contribution in [0.25, 0.3) is 0 Å². The molecular formula is C24H35FN4O. The molecule has 164 valence electrons. The largest absolute Gasteiger partial charge is 0.339 e. The average Bonchev–Trinajstić information content (AvgIpc) is 2.77. The number of rotatable bonds is 4. The van der Waals surface area contributed by atoms with Gasteiger partial charge in [0.25, 0.3) is 0 Å². The number of likely N-dealkylation sites (tertiary alicyclic amines) is 1. The number of piperazine rings is 1. The van der Waals surface area contributed by atoms with E-state index >= 15 is 0 Å². The van der Waals surface area contributed by atoms with Crippen molar-refractivity contribution >= 4 is 5.91 Å². The van der Waals surface area contributed by atoms with Gasteiger partial charge in [0.15, 0.2) is 0 Å². The van der Waals surface area contributed by atoms with Gasteiger partial charge in [-0.25, -0.2) is 4.39 Å². The number of nitrogens with zero attached hydrogens (tertiary/aromatic N) is 3. The SMILES string of the molecule is O=C(CN1C[C@H]2C[C@@H](C1)[C@H](Cc1cccc(F)c1)N1CCCC[C@@H]21)N1CCNCC1. The molecule has 0 spiro atoms. The number of benzene rings is 1. The predicted octanol–water partition coefficient (Wildman–Crippen LogP) is 1.97. The summed E-state index contributed by atoms with van der Waals surface area (Å²) in [5.74, 6) is 1.39. The molecule has 4 aliphatic heterocycles. The van der Waals surface area contributed by atoms with Crippen molar-refractivity contribution in [2.45, 2.75) is 44.2 Å². The normalized spacial score (nSPS) is 32.6. The first-order chi connectivity index (χ1) is 14.7. The minimum atomic E-state index is -0.136. The monoisotopic (exact) mass is 414 g/mol. The van der Waals surface area contributed by atoms with E-state index in [-0.39, 0.29) is 5.82 Å². The fourth-order valence-corrected chi connectivity index (χ4v) is 6.53. The Morgan fingerprint density at radius 2 is 1.93 bits per heavy atom. The van der Waals surface area contributed by atoms with Crippen molar-refractivity contribution in [2.75, 3.05) is 52.4 Å². The van der Waals surface area contributed by atoms with Crippen molar-refractivity contribution in [2.24, 2.45) is 11.8 Å². The second-order valence-electron chi connectivity index (χ2n) is 9.78. The summed E-state index contributed by atoms with van der Waals surface area (Å²) >= 11 is 0. The lowest BCUT2D eigenvalue weighted by Crippen LogP contribution is -2.64. The van der Waals surface area contributed by atoms with Gasteiger partial charge in [-0.3, -0.25) is 14.6 Å². The minimum Gasteiger partial charge on any atom is -0.339 e. The van der Waals surface area contributed by atoms with E-state index in [0.29, 0.717) is 36.4 Å². The summed E-state index contributed by atoms with van der Waals surface area (Å²) in [5, 5.41) is 3.33. The first-order valence-electron chi connectivity index (χ1n) is 11.9. The molecular weight excluding hydrogens is 379 g/mol. The number of fused-ring (bicyclic) bond motifs is 4. The van der Waals surface area contributed by atoms with Gasteiger partial charge in [0.05, 0.1) is 6.54 Å². The van der Waals surface area contributed by atoms with Gasteiger partial charge in [0, 0.05) is 51.4 Å². The third-order valence-corrected chi connectivity index (χ3v) is 7.86. The third-order valence-electron chi connectivity index (χ3n) is 7.86. The molecule has 0 saturated carbocycles. The van der Waals surface area contributed by atoms with Crippen molar-refractivity contribution < 1.29 is 9.18 Å². The molecule has 4 atom stereocenters. The number of halogens is 1. The number of hydrogen-bond donors (Lipinski definition) is 1. The molecule has 0 aromatic heterocycles.